The minimum absolute atomic E-state index is 0.0873. The number of hydrogen-bond donors (Lipinski definition) is 3. The van der Waals surface area contributed by atoms with Gasteiger partial charge in [-0.25, -0.2) is 12.7 Å². The predicted octanol–water partition coefficient (Wildman–Crippen LogP) is 6.66. The minimum atomic E-state index is -3.46. The lowest BCUT2D eigenvalue weighted by Crippen LogP contribution is -2.62. The quantitative estimate of drug-likeness (QED) is 0.188. The number of fused-ring (bicyclic) bond motifs is 5. The zero-order valence-electron chi connectivity index (χ0n) is 29.4. The van der Waals surface area contributed by atoms with E-state index >= 15 is 0 Å². The van der Waals surface area contributed by atoms with Crippen LogP contribution in [0.15, 0.2) is 29.2 Å². The van der Waals surface area contributed by atoms with Gasteiger partial charge in [-0.1, -0.05) is 51.3 Å². The molecule has 0 radical (unpaired) electrons. The first-order chi connectivity index (χ1) is 22.2. The van der Waals surface area contributed by atoms with Crippen molar-refractivity contribution in [3.63, 3.8) is 0 Å². The Bertz CT molecular complexity index is 1320. The molecule has 5 rings (SSSR count). The number of carbonyl (C=O) groups is 1. The number of carboxylic acids is 1. The van der Waals surface area contributed by atoms with E-state index in [1.165, 1.54) is 4.31 Å². The monoisotopic (exact) mass is 675 g/mol. The van der Waals surface area contributed by atoms with E-state index in [1.807, 2.05) is 19.1 Å². The second-order valence-corrected chi connectivity index (χ2v) is 18.4. The predicted molar refractivity (Wildman–Crippen MR) is 183 cm³/mol. The van der Waals surface area contributed by atoms with Gasteiger partial charge in [-0.3, -0.25) is 4.79 Å². The third kappa shape index (κ3) is 7.35. The van der Waals surface area contributed by atoms with E-state index in [-0.39, 0.29) is 53.1 Å². The molecule has 3 N–H and O–H groups in total. The summed E-state index contributed by atoms with van der Waals surface area (Å²) in [6.07, 6.45) is 10.6. The molecule has 0 spiro atoms. The smallest absolute Gasteiger partial charge is 0.303 e. The van der Waals surface area contributed by atoms with E-state index < -0.39 is 22.1 Å². The van der Waals surface area contributed by atoms with Crippen molar-refractivity contribution in [1.29, 1.82) is 0 Å². The van der Waals surface area contributed by atoms with Gasteiger partial charge in [0, 0.05) is 26.6 Å². The Morgan fingerprint density at radius 1 is 1.00 bits per heavy atom. The van der Waals surface area contributed by atoms with Crippen molar-refractivity contribution in [3.8, 4) is 0 Å². The fourth-order valence-electron chi connectivity index (χ4n) is 10.9. The number of nitrogens with zero attached hydrogens (tertiary/aromatic N) is 1. The molecule has 266 valence electrons. The van der Waals surface area contributed by atoms with E-state index in [0.29, 0.717) is 36.3 Å². The Labute approximate surface area is 283 Å². The third-order valence-corrected chi connectivity index (χ3v) is 15.6. The van der Waals surface area contributed by atoms with Gasteiger partial charge in [0.15, 0.2) is 0 Å². The van der Waals surface area contributed by atoms with Crippen molar-refractivity contribution in [2.75, 3.05) is 20.2 Å². The van der Waals surface area contributed by atoms with E-state index in [4.69, 9.17) is 4.74 Å². The van der Waals surface area contributed by atoms with Crippen LogP contribution in [-0.4, -0.2) is 72.5 Å². The van der Waals surface area contributed by atoms with Gasteiger partial charge in [0.25, 0.3) is 0 Å². The van der Waals surface area contributed by atoms with E-state index in [9.17, 15) is 28.5 Å². The summed E-state index contributed by atoms with van der Waals surface area (Å²) in [6, 6.07) is 7.01. The number of carboxylic acid groups (broad SMARTS) is 1. The maximum absolute atomic E-state index is 12.8. The largest absolute Gasteiger partial charge is 0.481 e. The third-order valence-electron chi connectivity index (χ3n) is 13.8. The normalized spacial score (nSPS) is 37.6. The topological polar surface area (TPSA) is 124 Å². The molecule has 4 fully saturated rings. The Balaban J connectivity index is 1.08. The molecule has 1 aromatic rings. The number of ether oxygens (including phenoxy) is 1. The summed E-state index contributed by atoms with van der Waals surface area (Å²) < 4.78 is 33.5. The standard InChI is InChI=1S/C38H61NO7S/c1-25-10-13-29(14-11-25)47(44,45)39(5)20-8-6-7-9-21-46-28-18-19-37(3)27(22-28)23-33(40)36-31-16-15-30(26(2)12-17-35(42)43)38(31,4)34(41)24-32(36)37/h10-11,13-14,26-28,30-34,36,40-41H,6-9,12,15-24H2,1-5H3,(H,42,43)/t26?,27-,28-,30?,31-,32?,33+,34-,36?,37-,38+/m0/s1. The van der Waals surface area contributed by atoms with Crippen LogP contribution in [0.2, 0.25) is 0 Å². The van der Waals surface area contributed by atoms with Crippen molar-refractivity contribution in [1.82, 2.24) is 4.31 Å². The highest BCUT2D eigenvalue weighted by atomic mass is 32.2. The van der Waals surface area contributed by atoms with E-state index in [1.54, 1.807) is 19.2 Å². The van der Waals surface area contributed by atoms with Crippen molar-refractivity contribution in [2.45, 2.75) is 134 Å². The number of rotatable bonds is 14. The molecule has 0 saturated heterocycles. The number of unbranched alkanes of at least 4 members (excludes halogenated alkanes) is 3. The van der Waals surface area contributed by atoms with Gasteiger partial charge in [0.1, 0.15) is 0 Å². The van der Waals surface area contributed by atoms with Crippen LogP contribution in [0.3, 0.4) is 0 Å². The molecule has 0 aromatic heterocycles. The van der Waals surface area contributed by atoms with Crippen LogP contribution >= 0.6 is 0 Å². The van der Waals surface area contributed by atoms with Gasteiger partial charge < -0.3 is 20.1 Å². The molecule has 4 saturated carbocycles. The summed E-state index contributed by atoms with van der Waals surface area (Å²) >= 11 is 0. The molecule has 9 heteroatoms. The van der Waals surface area contributed by atoms with Crippen LogP contribution in [0, 0.1) is 53.3 Å². The number of benzene rings is 1. The number of aliphatic hydroxyl groups is 2. The van der Waals surface area contributed by atoms with Gasteiger partial charge in [-0.2, -0.15) is 0 Å². The van der Waals surface area contributed by atoms with Gasteiger partial charge in [-0.15, -0.1) is 0 Å². The van der Waals surface area contributed by atoms with Crippen LogP contribution in [0.5, 0.6) is 0 Å². The lowest BCUT2D eigenvalue weighted by Gasteiger charge is -2.63. The Morgan fingerprint density at radius 2 is 1.70 bits per heavy atom. The highest BCUT2D eigenvalue weighted by Crippen LogP contribution is 2.68. The first kappa shape index (κ1) is 36.8. The fraction of sp³-hybridized carbons (Fsp3) is 0.816. The molecule has 0 bridgehead atoms. The summed E-state index contributed by atoms with van der Waals surface area (Å²) in [4.78, 5) is 11.6. The Morgan fingerprint density at radius 3 is 2.40 bits per heavy atom. The van der Waals surface area contributed by atoms with Crippen molar-refractivity contribution in [2.24, 2.45) is 46.3 Å². The molecular formula is C38H61NO7S. The Kier molecular flexibility index (Phi) is 11.5. The molecule has 11 atom stereocenters. The lowest BCUT2D eigenvalue weighted by atomic mass is 9.43. The number of hydrogen-bond acceptors (Lipinski definition) is 6. The molecule has 47 heavy (non-hydrogen) atoms. The zero-order chi connectivity index (χ0) is 34.1. The van der Waals surface area contributed by atoms with Gasteiger partial charge in [0.05, 0.1) is 23.2 Å². The summed E-state index contributed by atoms with van der Waals surface area (Å²) in [7, 11) is -1.80. The number of aliphatic carboxylic acids is 1. The van der Waals surface area contributed by atoms with Crippen molar-refractivity contribution < 1.29 is 33.3 Å². The highest BCUT2D eigenvalue weighted by molar-refractivity contribution is 7.89. The van der Waals surface area contributed by atoms with Crippen LogP contribution in [0.1, 0.15) is 110 Å². The second-order valence-electron chi connectivity index (χ2n) is 16.3. The first-order valence-corrected chi connectivity index (χ1v) is 19.9. The summed E-state index contributed by atoms with van der Waals surface area (Å²) in [5.74, 6) is 0.929. The number of aryl methyl sites for hydroxylation is 1. The lowest BCUT2D eigenvalue weighted by molar-refractivity contribution is -0.209. The molecule has 0 aliphatic heterocycles. The molecule has 8 nitrogen and oxygen atoms in total. The molecule has 0 heterocycles. The fourth-order valence-corrected chi connectivity index (χ4v) is 12.1. The van der Waals surface area contributed by atoms with Crippen LogP contribution in [-0.2, 0) is 19.6 Å². The second kappa shape index (κ2) is 14.8. The summed E-state index contributed by atoms with van der Waals surface area (Å²) in [6.45, 7) is 9.98. The average Bonchev–Trinajstić information content (AvgIpc) is 3.38. The van der Waals surface area contributed by atoms with Crippen LogP contribution in [0.25, 0.3) is 0 Å². The van der Waals surface area contributed by atoms with E-state index in [0.717, 1.165) is 76.2 Å². The summed E-state index contributed by atoms with van der Waals surface area (Å²) in [5, 5.41) is 32.8. The first-order valence-electron chi connectivity index (χ1n) is 18.4. The zero-order valence-corrected chi connectivity index (χ0v) is 30.3. The Hall–Kier alpha value is -1.52. The van der Waals surface area contributed by atoms with Gasteiger partial charge >= 0.3 is 5.97 Å². The highest BCUT2D eigenvalue weighted by Gasteiger charge is 2.65. The maximum atomic E-state index is 12.8. The van der Waals surface area contributed by atoms with Crippen molar-refractivity contribution >= 4 is 16.0 Å². The molecule has 1 aromatic carbocycles. The van der Waals surface area contributed by atoms with Crippen LogP contribution < -0.4 is 0 Å². The van der Waals surface area contributed by atoms with Gasteiger partial charge in [-0.05, 0) is 130 Å². The van der Waals surface area contributed by atoms with Crippen molar-refractivity contribution in [3.05, 3.63) is 29.8 Å². The van der Waals surface area contributed by atoms with Gasteiger partial charge in [0.2, 0.25) is 10.0 Å². The van der Waals surface area contributed by atoms with E-state index in [2.05, 4.69) is 20.8 Å². The summed E-state index contributed by atoms with van der Waals surface area (Å²) in [5.41, 5.74) is 0.858. The number of sulfonamides is 1. The number of aliphatic hydroxyl groups excluding tert-OH is 2. The minimum Gasteiger partial charge on any atom is -0.481 e. The molecule has 4 aliphatic carbocycles. The maximum Gasteiger partial charge on any atom is 0.303 e. The van der Waals surface area contributed by atoms with Crippen LogP contribution in [0.4, 0.5) is 0 Å². The molecular weight excluding hydrogens is 614 g/mol. The molecule has 4 unspecified atom stereocenters. The molecule has 4 aliphatic rings. The molecule has 0 amide bonds. The SMILES string of the molecule is Cc1ccc(S(=O)(=O)N(C)CCCCCCO[C@H]2CC[C@]3(C)C4C[C@H](O)[C@]5(C)C(C(C)CCC(=O)O)CC[C@H]5C4[C@H](O)C[C@@H]3C2)cc1. The average molecular weight is 676 g/mol.